The lowest BCUT2D eigenvalue weighted by Crippen LogP contribution is -2.49. The van der Waals surface area contributed by atoms with Gasteiger partial charge in [-0.3, -0.25) is 9.69 Å². The minimum absolute atomic E-state index is 0.0576. The number of fused-ring (bicyclic) bond motifs is 2. The van der Waals surface area contributed by atoms with Gasteiger partial charge in [0, 0.05) is 21.2 Å². The molecule has 2 N–H and O–H groups in total. The third-order valence-corrected chi connectivity index (χ3v) is 8.42. The minimum Gasteiger partial charge on any atom is -0.325 e. The maximum atomic E-state index is 13.5. The Kier molecular flexibility index (Phi) is 7.20. The monoisotopic (exact) mass is 513 g/mol. The molecule has 0 saturated heterocycles. The van der Waals surface area contributed by atoms with Crippen molar-refractivity contribution in [3.8, 4) is 0 Å². The highest BCUT2D eigenvalue weighted by molar-refractivity contribution is 8.00. The number of para-hydroxylation sites is 1. The van der Waals surface area contributed by atoms with E-state index in [2.05, 4.69) is 28.9 Å². The second kappa shape index (κ2) is 10.7. The van der Waals surface area contributed by atoms with Crippen LogP contribution in [-0.2, 0) is 4.79 Å². The van der Waals surface area contributed by atoms with Gasteiger partial charge in [0.05, 0.1) is 22.2 Å². The molecule has 182 valence electrons. The summed E-state index contributed by atoms with van der Waals surface area (Å²) in [6.45, 7) is 3.88. The van der Waals surface area contributed by atoms with Gasteiger partial charge >= 0.3 is 6.03 Å². The van der Waals surface area contributed by atoms with Crippen LogP contribution in [0.2, 0.25) is 0 Å². The zero-order valence-electron chi connectivity index (χ0n) is 20.0. The second-order valence-corrected chi connectivity index (χ2v) is 11.4. The fourth-order valence-corrected chi connectivity index (χ4v) is 6.47. The average molecular weight is 514 g/mol. The Morgan fingerprint density at radius 3 is 2.50 bits per heavy atom. The van der Waals surface area contributed by atoms with E-state index in [9.17, 15) is 9.59 Å². The summed E-state index contributed by atoms with van der Waals surface area (Å²) < 4.78 is 0. The van der Waals surface area contributed by atoms with Crippen molar-refractivity contribution in [1.29, 1.82) is 0 Å². The van der Waals surface area contributed by atoms with Gasteiger partial charge in [-0.25, -0.2) is 4.79 Å². The highest BCUT2D eigenvalue weighted by Gasteiger charge is 2.36. The van der Waals surface area contributed by atoms with E-state index < -0.39 is 0 Å². The molecular weight excluding hydrogens is 486 g/mol. The number of nitrogens with one attached hydrogen (secondary N) is 2. The molecule has 0 spiro atoms. The number of hydrogen-bond donors (Lipinski definition) is 2. The van der Waals surface area contributed by atoms with Crippen molar-refractivity contribution in [2.24, 2.45) is 0 Å². The van der Waals surface area contributed by atoms with Gasteiger partial charge in [0.1, 0.15) is 0 Å². The Morgan fingerprint density at radius 2 is 1.67 bits per heavy atom. The van der Waals surface area contributed by atoms with E-state index in [1.54, 1.807) is 11.8 Å². The SMILES string of the molecule is Cc1cccc(NC(=O)C(C)Sc2cccc(NC(=O)N3c4ccccc4SC4C=CC=CC43)c2)c1. The van der Waals surface area contributed by atoms with Crippen molar-refractivity contribution < 1.29 is 9.59 Å². The molecule has 5 rings (SSSR count). The molecule has 3 amide bonds. The van der Waals surface area contributed by atoms with Gasteiger partial charge in [-0.2, -0.15) is 0 Å². The van der Waals surface area contributed by atoms with Gasteiger partial charge in [-0.15, -0.1) is 23.5 Å². The maximum absolute atomic E-state index is 13.5. The molecule has 3 unspecified atom stereocenters. The van der Waals surface area contributed by atoms with Crippen LogP contribution in [0.5, 0.6) is 0 Å². The van der Waals surface area contributed by atoms with E-state index in [0.717, 1.165) is 26.7 Å². The van der Waals surface area contributed by atoms with Crippen LogP contribution in [0.3, 0.4) is 0 Å². The largest absolute Gasteiger partial charge is 0.326 e. The number of rotatable bonds is 5. The first-order valence-electron chi connectivity index (χ1n) is 11.8. The number of aryl methyl sites for hydroxylation is 1. The average Bonchev–Trinajstić information content (AvgIpc) is 2.87. The fraction of sp³-hybridized carbons (Fsp3) is 0.172. The van der Waals surface area contributed by atoms with Crippen molar-refractivity contribution in [3.63, 3.8) is 0 Å². The van der Waals surface area contributed by atoms with Crippen LogP contribution in [0.15, 0.2) is 107 Å². The van der Waals surface area contributed by atoms with Crippen molar-refractivity contribution in [2.45, 2.75) is 40.2 Å². The van der Waals surface area contributed by atoms with Crippen molar-refractivity contribution in [1.82, 2.24) is 0 Å². The van der Waals surface area contributed by atoms with Gasteiger partial charge in [-0.1, -0.05) is 54.6 Å². The number of carbonyl (C=O) groups is 2. The van der Waals surface area contributed by atoms with Gasteiger partial charge in [0.15, 0.2) is 0 Å². The molecule has 1 aliphatic carbocycles. The first-order valence-corrected chi connectivity index (χ1v) is 13.6. The number of nitrogens with zero attached hydrogens (tertiary/aromatic N) is 1. The van der Waals surface area contributed by atoms with E-state index in [4.69, 9.17) is 0 Å². The molecule has 1 aliphatic heterocycles. The molecule has 3 aromatic carbocycles. The normalized spacial score (nSPS) is 18.7. The van der Waals surface area contributed by atoms with Crippen LogP contribution in [0, 0.1) is 6.92 Å². The van der Waals surface area contributed by atoms with E-state index >= 15 is 0 Å². The quantitative estimate of drug-likeness (QED) is 0.357. The van der Waals surface area contributed by atoms with Crippen LogP contribution in [-0.4, -0.2) is 28.5 Å². The zero-order valence-corrected chi connectivity index (χ0v) is 21.7. The summed E-state index contributed by atoms with van der Waals surface area (Å²) in [6, 6.07) is 23.2. The summed E-state index contributed by atoms with van der Waals surface area (Å²) in [5.74, 6) is -0.0642. The molecule has 0 aromatic heterocycles. The maximum Gasteiger partial charge on any atom is 0.326 e. The molecule has 0 radical (unpaired) electrons. The van der Waals surface area contributed by atoms with Crippen LogP contribution >= 0.6 is 23.5 Å². The summed E-state index contributed by atoms with van der Waals surface area (Å²) in [4.78, 5) is 30.1. The number of allylic oxidation sites excluding steroid dienone is 2. The summed E-state index contributed by atoms with van der Waals surface area (Å²) >= 11 is 3.24. The Labute approximate surface area is 220 Å². The van der Waals surface area contributed by atoms with E-state index in [-0.39, 0.29) is 28.5 Å². The molecular formula is C29H27N3O2S2. The summed E-state index contributed by atoms with van der Waals surface area (Å²) in [7, 11) is 0. The standard InChI is InChI=1S/C29H27N3O2S2/c1-19-9-7-10-21(17-19)30-28(33)20(2)35-23-12-8-11-22(18-23)31-29(34)32-24-13-3-5-15-26(24)36-27-16-6-4-14-25(27)32/h3-18,20,24,26H,1-2H3,(H,30,33)(H,31,34). The molecule has 3 atom stereocenters. The number of carbonyl (C=O) groups excluding carboxylic acids is 2. The van der Waals surface area contributed by atoms with E-state index in [1.807, 2.05) is 97.6 Å². The molecule has 2 aliphatic rings. The Hall–Kier alpha value is -3.42. The predicted octanol–water partition coefficient (Wildman–Crippen LogP) is 7.12. The van der Waals surface area contributed by atoms with Crippen LogP contribution in [0.1, 0.15) is 12.5 Å². The van der Waals surface area contributed by atoms with Gasteiger partial charge < -0.3 is 10.6 Å². The van der Waals surface area contributed by atoms with Crippen LogP contribution in [0.25, 0.3) is 0 Å². The van der Waals surface area contributed by atoms with Gasteiger partial charge in [0.2, 0.25) is 5.91 Å². The molecule has 0 bridgehead atoms. The van der Waals surface area contributed by atoms with Crippen molar-refractivity contribution >= 4 is 52.5 Å². The highest BCUT2D eigenvalue weighted by Crippen LogP contribution is 2.43. The van der Waals surface area contributed by atoms with E-state index in [1.165, 1.54) is 11.8 Å². The number of urea groups is 1. The lowest BCUT2D eigenvalue weighted by molar-refractivity contribution is -0.115. The number of anilines is 3. The zero-order chi connectivity index (χ0) is 25.1. The number of hydrogen-bond acceptors (Lipinski definition) is 4. The first-order chi connectivity index (χ1) is 17.5. The summed E-state index contributed by atoms with van der Waals surface area (Å²) in [5.41, 5.74) is 3.49. The first kappa shape index (κ1) is 24.3. The molecule has 1 heterocycles. The van der Waals surface area contributed by atoms with Gasteiger partial charge in [0.25, 0.3) is 0 Å². The van der Waals surface area contributed by atoms with Crippen LogP contribution < -0.4 is 15.5 Å². The summed E-state index contributed by atoms with van der Waals surface area (Å²) in [6.07, 6.45) is 8.26. The molecule has 7 heteroatoms. The third kappa shape index (κ3) is 5.37. The predicted molar refractivity (Wildman–Crippen MR) is 151 cm³/mol. The van der Waals surface area contributed by atoms with Gasteiger partial charge in [-0.05, 0) is 61.9 Å². The topological polar surface area (TPSA) is 61.4 Å². The number of benzene rings is 3. The van der Waals surface area contributed by atoms with Crippen LogP contribution in [0.4, 0.5) is 21.9 Å². The third-order valence-electron chi connectivity index (χ3n) is 6.01. The molecule has 0 fully saturated rings. The van der Waals surface area contributed by atoms with Crippen molar-refractivity contribution in [2.75, 3.05) is 15.5 Å². The Balaban J connectivity index is 1.29. The lowest BCUT2D eigenvalue weighted by atomic mass is 10.1. The lowest BCUT2D eigenvalue weighted by Gasteiger charge is -2.40. The minimum atomic E-state index is -0.303. The molecule has 5 nitrogen and oxygen atoms in total. The number of amides is 3. The summed E-state index contributed by atoms with van der Waals surface area (Å²) in [5, 5.41) is 5.93. The molecule has 3 aromatic rings. The smallest absolute Gasteiger partial charge is 0.325 e. The fourth-order valence-electron chi connectivity index (χ4n) is 4.28. The molecule has 36 heavy (non-hydrogen) atoms. The Bertz CT molecular complexity index is 1350. The van der Waals surface area contributed by atoms with Crippen molar-refractivity contribution in [3.05, 3.63) is 103 Å². The highest BCUT2D eigenvalue weighted by atomic mass is 32.2. The second-order valence-electron chi connectivity index (χ2n) is 8.76. The Morgan fingerprint density at radius 1 is 0.917 bits per heavy atom. The number of thioether (sulfide) groups is 2. The molecule has 0 saturated carbocycles. The van der Waals surface area contributed by atoms with E-state index in [0.29, 0.717) is 5.69 Å².